The van der Waals surface area contributed by atoms with E-state index in [0.29, 0.717) is 5.56 Å². The molecule has 0 amide bonds. The minimum absolute atomic E-state index is 0.594. The van der Waals surface area contributed by atoms with Crippen molar-refractivity contribution in [3.05, 3.63) is 24.9 Å². The van der Waals surface area contributed by atoms with E-state index in [4.69, 9.17) is 11.7 Å². The van der Waals surface area contributed by atoms with Crippen molar-refractivity contribution in [2.75, 3.05) is 31.2 Å². The van der Waals surface area contributed by atoms with Gasteiger partial charge in [-0.1, -0.05) is 0 Å². The first-order valence-corrected chi connectivity index (χ1v) is 4.26. The summed E-state index contributed by atoms with van der Waals surface area (Å²) < 4.78 is 5.22. The molecule has 0 N–H and O–H groups in total. The molecule has 0 spiro atoms. The number of anilines is 1. The zero-order valence-corrected chi connectivity index (χ0v) is 7.31. The Hall–Kier alpha value is -1.16. The maximum Gasteiger partial charge on any atom is 0.225 e. The summed E-state index contributed by atoms with van der Waals surface area (Å²) >= 11 is 0. The first kappa shape index (κ1) is 8.44. The molecule has 1 aromatic heterocycles. The van der Waals surface area contributed by atoms with Crippen LogP contribution in [0, 0.1) is 6.92 Å². The molecule has 0 saturated carbocycles. The van der Waals surface area contributed by atoms with Crippen LogP contribution in [0.1, 0.15) is 5.56 Å². The van der Waals surface area contributed by atoms with Crippen LogP contribution in [0.2, 0.25) is 0 Å². The van der Waals surface area contributed by atoms with Crippen molar-refractivity contribution >= 4 is 5.95 Å². The summed E-state index contributed by atoms with van der Waals surface area (Å²) in [6, 6.07) is 0. The lowest BCUT2D eigenvalue weighted by atomic mass is 10.4. The highest BCUT2D eigenvalue weighted by atomic mass is 16.5. The van der Waals surface area contributed by atoms with Gasteiger partial charge in [0.25, 0.3) is 0 Å². The van der Waals surface area contributed by atoms with Gasteiger partial charge >= 0.3 is 0 Å². The molecular weight excluding hydrogens is 166 g/mol. The molecule has 68 valence electrons. The van der Waals surface area contributed by atoms with E-state index in [9.17, 15) is 0 Å². The van der Waals surface area contributed by atoms with Crippen LogP contribution in [0.15, 0.2) is 12.4 Å². The largest absolute Gasteiger partial charge is 0.378 e. The lowest BCUT2D eigenvalue weighted by Gasteiger charge is -2.26. The quantitative estimate of drug-likeness (QED) is 0.621. The molecule has 1 aliphatic rings. The van der Waals surface area contributed by atoms with Gasteiger partial charge in [-0.05, 0) is 5.56 Å². The number of nitrogens with zero attached hydrogens (tertiary/aromatic N) is 3. The Morgan fingerprint density at radius 1 is 1.23 bits per heavy atom. The Bertz CT molecular complexity index is 267. The maximum absolute atomic E-state index is 5.49. The van der Waals surface area contributed by atoms with E-state index in [0.717, 1.165) is 32.3 Å². The number of aromatic nitrogens is 2. The molecule has 0 atom stereocenters. The van der Waals surface area contributed by atoms with Crippen LogP contribution < -0.4 is 4.90 Å². The first-order valence-electron chi connectivity index (χ1n) is 4.26. The summed E-state index contributed by atoms with van der Waals surface area (Å²) in [7, 11) is 0. The zero-order valence-electron chi connectivity index (χ0n) is 7.31. The van der Waals surface area contributed by atoms with Gasteiger partial charge in [0.2, 0.25) is 5.95 Å². The third kappa shape index (κ3) is 1.95. The molecule has 1 fully saturated rings. The lowest BCUT2D eigenvalue weighted by Crippen LogP contribution is -2.37. The van der Waals surface area contributed by atoms with E-state index in [1.165, 1.54) is 0 Å². The van der Waals surface area contributed by atoms with Crippen LogP contribution >= 0.6 is 0 Å². The van der Waals surface area contributed by atoms with Crippen LogP contribution in [0.4, 0.5) is 5.95 Å². The standard InChI is InChI=1S/C9H11N3O/c1-8-6-10-9(11-7-8)12-2-4-13-5-3-12/h1,6-7H,2-5H2. The summed E-state index contributed by atoms with van der Waals surface area (Å²) in [5.41, 5.74) is 0.594. The van der Waals surface area contributed by atoms with E-state index >= 15 is 0 Å². The average molecular weight is 177 g/mol. The molecule has 13 heavy (non-hydrogen) atoms. The monoisotopic (exact) mass is 177 g/mol. The predicted octanol–water partition coefficient (Wildman–Crippen LogP) is 0.372. The number of hydrogen-bond acceptors (Lipinski definition) is 4. The Kier molecular flexibility index (Phi) is 2.40. The van der Waals surface area contributed by atoms with Gasteiger partial charge in [0.15, 0.2) is 0 Å². The first-order chi connectivity index (χ1) is 6.36. The number of hydrogen-bond donors (Lipinski definition) is 0. The SMILES string of the molecule is [CH]c1cnc(N2CCOCC2)nc1. The van der Waals surface area contributed by atoms with Gasteiger partial charge in [-0.2, -0.15) is 0 Å². The van der Waals surface area contributed by atoms with Gasteiger partial charge in [0, 0.05) is 32.4 Å². The average Bonchev–Trinajstić information content (AvgIpc) is 2.20. The highest BCUT2D eigenvalue weighted by Gasteiger charge is 2.12. The van der Waals surface area contributed by atoms with Crippen molar-refractivity contribution in [1.29, 1.82) is 0 Å². The number of morpholine rings is 1. The smallest absolute Gasteiger partial charge is 0.225 e. The van der Waals surface area contributed by atoms with Crippen molar-refractivity contribution < 1.29 is 4.74 Å². The van der Waals surface area contributed by atoms with Crippen molar-refractivity contribution in [3.63, 3.8) is 0 Å². The van der Waals surface area contributed by atoms with Crippen LogP contribution in [-0.2, 0) is 4.74 Å². The molecular formula is C9H11N3O. The second kappa shape index (κ2) is 3.70. The van der Waals surface area contributed by atoms with Gasteiger partial charge in [-0.25, -0.2) is 9.97 Å². The summed E-state index contributed by atoms with van der Waals surface area (Å²) in [6.07, 6.45) is 3.25. The van der Waals surface area contributed by atoms with Gasteiger partial charge in [-0.15, -0.1) is 0 Å². The highest BCUT2D eigenvalue weighted by molar-refractivity contribution is 5.30. The van der Waals surface area contributed by atoms with Gasteiger partial charge in [0.1, 0.15) is 0 Å². The molecule has 2 radical (unpaired) electrons. The van der Waals surface area contributed by atoms with Crippen molar-refractivity contribution in [2.24, 2.45) is 0 Å². The number of rotatable bonds is 1. The Labute approximate surface area is 77.6 Å². The molecule has 1 saturated heterocycles. The van der Waals surface area contributed by atoms with Crippen molar-refractivity contribution in [3.8, 4) is 0 Å². The second-order valence-corrected chi connectivity index (χ2v) is 2.92. The van der Waals surface area contributed by atoms with Crippen LogP contribution in [-0.4, -0.2) is 36.3 Å². The van der Waals surface area contributed by atoms with E-state index in [2.05, 4.69) is 14.9 Å². The topological polar surface area (TPSA) is 38.2 Å². The minimum atomic E-state index is 0.594. The molecule has 4 nitrogen and oxygen atoms in total. The van der Waals surface area contributed by atoms with E-state index < -0.39 is 0 Å². The van der Waals surface area contributed by atoms with Crippen LogP contribution in [0.25, 0.3) is 0 Å². The fourth-order valence-electron chi connectivity index (χ4n) is 1.26. The summed E-state index contributed by atoms with van der Waals surface area (Å²) in [5.74, 6) is 0.734. The third-order valence-electron chi connectivity index (χ3n) is 1.95. The molecule has 4 heteroatoms. The van der Waals surface area contributed by atoms with Crippen molar-refractivity contribution in [1.82, 2.24) is 9.97 Å². The van der Waals surface area contributed by atoms with E-state index in [1.54, 1.807) is 12.4 Å². The summed E-state index contributed by atoms with van der Waals surface area (Å²) in [4.78, 5) is 10.4. The zero-order chi connectivity index (χ0) is 9.10. The molecule has 0 unspecified atom stereocenters. The molecule has 2 rings (SSSR count). The van der Waals surface area contributed by atoms with Gasteiger partial charge in [0.05, 0.1) is 13.2 Å². The summed E-state index contributed by atoms with van der Waals surface area (Å²) in [6.45, 7) is 8.68. The minimum Gasteiger partial charge on any atom is -0.378 e. The van der Waals surface area contributed by atoms with Gasteiger partial charge < -0.3 is 9.64 Å². The Balaban J connectivity index is 2.10. The molecule has 0 aromatic carbocycles. The molecule has 1 aliphatic heterocycles. The Morgan fingerprint density at radius 2 is 1.85 bits per heavy atom. The highest BCUT2D eigenvalue weighted by Crippen LogP contribution is 2.08. The van der Waals surface area contributed by atoms with E-state index in [-0.39, 0.29) is 0 Å². The normalized spacial score (nSPS) is 17.5. The number of ether oxygens (including phenoxy) is 1. The second-order valence-electron chi connectivity index (χ2n) is 2.92. The van der Waals surface area contributed by atoms with Crippen LogP contribution in [0.3, 0.4) is 0 Å². The fraction of sp³-hybridized carbons (Fsp3) is 0.444. The van der Waals surface area contributed by atoms with E-state index in [1.807, 2.05) is 0 Å². The van der Waals surface area contributed by atoms with Crippen LogP contribution in [0.5, 0.6) is 0 Å². The lowest BCUT2D eigenvalue weighted by molar-refractivity contribution is 0.122. The predicted molar refractivity (Wildman–Crippen MR) is 48.5 cm³/mol. The Morgan fingerprint density at radius 3 is 2.46 bits per heavy atom. The summed E-state index contributed by atoms with van der Waals surface area (Å²) in [5, 5.41) is 0. The fourth-order valence-corrected chi connectivity index (χ4v) is 1.26. The van der Waals surface area contributed by atoms with Gasteiger partial charge in [-0.3, -0.25) is 0 Å². The molecule has 0 bridgehead atoms. The van der Waals surface area contributed by atoms with Crippen molar-refractivity contribution in [2.45, 2.75) is 0 Å². The third-order valence-corrected chi connectivity index (χ3v) is 1.95. The maximum atomic E-state index is 5.49. The molecule has 0 aliphatic carbocycles. The molecule has 2 heterocycles. The molecule has 1 aromatic rings.